The van der Waals surface area contributed by atoms with Gasteiger partial charge in [0.15, 0.2) is 11.6 Å². The van der Waals surface area contributed by atoms with Gasteiger partial charge in [-0.05, 0) is 37.1 Å². The molecule has 0 saturated carbocycles. The largest absolute Gasteiger partial charge is 0.457 e. The molecule has 1 atom stereocenters. The smallest absolute Gasteiger partial charge is 0.338 e. The first-order valence-electron chi connectivity index (χ1n) is 8.14. The molecule has 1 aliphatic heterocycles. The fourth-order valence-electron chi connectivity index (χ4n) is 2.82. The van der Waals surface area contributed by atoms with Gasteiger partial charge in [-0.1, -0.05) is 36.4 Å². The number of nitrogens with zero attached hydrogens (tertiary/aromatic N) is 1. The molecule has 0 bridgehead atoms. The summed E-state index contributed by atoms with van der Waals surface area (Å²) in [7, 11) is 0. The summed E-state index contributed by atoms with van der Waals surface area (Å²) in [5, 5.41) is 3.00. The molecule has 0 amide bonds. The average Bonchev–Trinajstić information content (AvgIpc) is 2.62. The van der Waals surface area contributed by atoms with E-state index in [0.29, 0.717) is 17.1 Å². The predicted octanol–water partition coefficient (Wildman–Crippen LogP) is 4.04. The number of carbonyl (C=O) groups is 1. The van der Waals surface area contributed by atoms with Crippen LogP contribution in [0.4, 0.5) is 8.78 Å². The monoisotopic (exact) mass is 356 g/mol. The van der Waals surface area contributed by atoms with Crippen molar-refractivity contribution < 1.29 is 18.3 Å². The van der Waals surface area contributed by atoms with E-state index in [9.17, 15) is 13.6 Å². The van der Waals surface area contributed by atoms with Gasteiger partial charge in [0.2, 0.25) is 0 Å². The number of esters is 1. The molecule has 3 rings (SSSR count). The number of halogens is 2. The Morgan fingerprint density at radius 1 is 1.12 bits per heavy atom. The van der Waals surface area contributed by atoms with Gasteiger partial charge >= 0.3 is 5.97 Å². The first kappa shape index (κ1) is 17.8. The topological polar surface area (TPSA) is 50.7 Å². The van der Waals surface area contributed by atoms with Crippen LogP contribution in [0.25, 0.3) is 0 Å². The quantitative estimate of drug-likeness (QED) is 0.841. The highest BCUT2D eigenvalue weighted by Crippen LogP contribution is 2.32. The molecule has 0 aromatic heterocycles. The molecule has 0 saturated heterocycles. The summed E-state index contributed by atoms with van der Waals surface area (Å²) in [6.07, 6.45) is 0. The van der Waals surface area contributed by atoms with Crippen molar-refractivity contribution in [3.63, 3.8) is 0 Å². The summed E-state index contributed by atoms with van der Waals surface area (Å²) in [4.78, 5) is 17.1. The third kappa shape index (κ3) is 3.79. The Balaban J connectivity index is 1.87. The predicted molar refractivity (Wildman–Crippen MR) is 94.3 cm³/mol. The Bertz CT molecular complexity index is 892. The van der Waals surface area contributed by atoms with Crippen molar-refractivity contribution in [3.8, 4) is 0 Å². The van der Waals surface area contributed by atoms with Crippen molar-refractivity contribution in [2.24, 2.45) is 4.99 Å². The van der Waals surface area contributed by atoms with Gasteiger partial charge in [0.1, 0.15) is 12.6 Å². The summed E-state index contributed by atoms with van der Waals surface area (Å²) in [5.74, 6) is -1.90. The number of carbonyl (C=O) groups excluding carboxylic acids is 1. The molecule has 2 aromatic carbocycles. The second-order valence-corrected chi connectivity index (χ2v) is 6.02. The molecule has 4 nitrogen and oxygen atoms in total. The molecule has 1 N–H and O–H groups in total. The van der Waals surface area contributed by atoms with Gasteiger partial charge < -0.3 is 10.1 Å². The molecule has 1 unspecified atom stereocenters. The third-order valence-corrected chi connectivity index (χ3v) is 4.06. The number of allylic oxidation sites excluding steroid dienone is 1. The molecule has 26 heavy (non-hydrogen) atoms. The van der Waals surface area contributed by atoms with Gasteiger partial charge in [-0.2, -0.15) is 0 Å². The summed E-state index contributed by atoms with van der Waals surface area (Å²) >= 11 is 0. The normalized spacial score (nSPS) is 16.8. The Morgan fingerprint density at radius 3 is 2.54 bits per heavy atom. The van der Waals surface area contributed by atoms with Crippen molar-refractivity contribution in [3.05, 3.63) is 82.6 Å². The minimum Gasteiger partial charge on any atom is -0.457 e. The standard InChI is InChI=1S/C20H18F2N2O2/c1-12-18(20(25)26-11-14-6-4-3-5-7-14)19(24-13(2)23-12)15-8-9-16(21)17(22)10-15/h3-10,19H,11H2,1-2H3,(H,23,24). The molecular weight excluding hydrogens is 338 g/mol. The maximum Gasteiger partial charge on any atom is 0.338 e. The summed E-state index contributed by atoms with van der Waals surface area (Å²) < 4.78 is 32.3. The van der Waals surface area contributed by atoms with Gasteiger partial charge in [-0.3, -0.25) is 4.99 Å². The lowest BCUT2D eigenvalue weighted by Gasteiger charge is -2.25. The van der Waals surface area contributed by atoms with Crippen molar-refractivity contribution in [1.82, 2.24) is 5.32 Å². The molecule has 1 heterocycles. The Kier molecular flexibility index (Phi) is 5.11. The molecule has 0 spiro atoms. The number of aliphatic imine (C=N–C) groups is 1. The third-order valence-electron chi connectivity index (χ3n) is 4.06. The van der Waals surface area contributed by atoms with Crippen molar-refractivity contribution >= 4 is 11.8 Å². The van der Waals surface area contributed by atoms with E-state index in [0.717, 1.165) is 17.7 Å². The van der Waals surface area contributed by atoms with E-state index in [2.05, 4.69) is 10.3 Å². The Morgan fingerprint density at radius 2 is 1.85 bits per heavy atom. The van der Waals surface area contributed by atoms with Crippen LogP contribution in [-0.4, -0.2) is 11.8 Å². The molecule has 134 valence electrons. The maximum absolute atomic E-state index is 13.7. The van der Waals surface area contributed by atoms with Crippen LogP contribution in [0.2, 0.25) is 0 Å². The van der Waals surface area contributed by atoms with Crippen molar-refractivity contribution in [2.45, 2.75) is 26.5 Å². The number of hydrogen-bond acceptors (Lipinski definition) is 4. The molecular formula is C20H18F2N2O2. The van der Waals surface area contributed by atoms with Crippen LogP contribution in [-0.2, 0) is 16.1 Å². The van der Waals surface area contributed by atoms with Crippen LogP contribution in [0.15, 0.2) is 64.8 Å². The number of amidine groups is 1. The van der Waals surface area contributed by atoms with Crippen LogP contribution in [0.5, 0.6) is 0 Å². The first-order valence-corrected chi connectivity index (χ1v) is 8.14. The van der Waals surface area contributed by atoms with Crippen LogP contribution >= 0.6 is 0 Å². The SMILES string of the molecule is CC1=NC(c2ccc(F)c(F)c2)C(C(=O)OCc2ccccc2)=C(C)N1. The molecule has 6 heteroatoms. The lowest BCUT2D eigenvalue weighted by atomic mass is 9.96. The second kappa shape index (κ2) is 7.47. The van der Waals surface area contributed by atoms with E-state index in [4.69, 9.17) is 4.74 Å². The highest BCUT2D eigenvalue weighted by molar-refractivity contribution is 5.95. The average molecular weight is 356 g/mol. The van der Waals surface area contributed by atoms with Gasteiger partial charge in [0, 0.05) is 5.70 Å². The molecule has 1 aliphatic rings. The number of hydrogen-bond donors (Lipinski definition) is 1. The number of ether oxygens (including phenoxy) is 1. The van der Waals surface area contributed by atoms with E-state index in [1.807, 2.05) is 30.3 Å². The first-order chi connectivity index (χ1) is 12.5. The fraction of sp³-hybridized carbons (Fsp3) is 0.200. The van der Waals surface area contributed by atoms with E-state index < -0.39 is 23.6 Å². The van der Waals surface area contributed by atoms with Gasteiger partial charge in [-0.25, -0.2) is 13.6 Å². The van der Waals surface area contributed by atoms with Crippen molar-refractivity contribution in [2.75, 3.05) is 0 Å². The van der Waals surface area contributed by atoms with Crippen LogP contribution in [0, 0.1) is 11.6 Å². The molecule has 0 radical (unpaired) electrons. The Hall–Kier alpha value is -3.02. The van der Waals surface area contributed by atoms with Gasteiger partial charge in [0.25, 0.3) is 0 Å². The van der Waals surface area contributed by atoms with Gasteiger partial charge in [0.05, 0.1) is 11.4 Å². The number of rotatable bonds is 4. The zero-order valence-electron chi connectivity index (χ0n) is 14.4. The van der Waals surface area contributed by atoms with E-state index in [1.54, 1.807) is 13.8 Å². The lowest BCUT2D eigenvalue weighted by molar-refractivity contribution is -0.140. The van der Waals surface area contributed by atoms with E-state index >= 15 is 0 Å². The maximum atomic E-state index is 13.7. The summed E-state index contributed by atoms with van der Waals surface area (Å²) in [5.41, 5.74) is 2.09. The van der Waals surface area contributed by atoms with E-state index in [1.165, 1.54) is 6.07 Å². The zero-order chi connectivity index (χ0) is 18.7. The number of benzene rings is 2. The molecule has 0 aliphatic carbocycles. The molecule has 2 aromatic rings. The van der Waals surface area contributed by atoms with E-state index in [-0.39, 0.29) is 12.2 Å². The zero-order valence-corrected chi connectivity index (χ0v) is 14.4. The van der Waals surface area contributed by atoms with Crippen LogP contribution < -0.4 is 5.32 Å². The minimum absolute atomic E-state index is 0.115. The lowest BCUT2D eigenvalue weighted by Crippen LogP contribution is -2.30. The van der Waals surface area contributed by atoms with Crippen molar-refractivity contribution in [1.29, 1.82) is 0 Å². The van der Waals surface area contributed by atoms with Gasteiger partial charge in [-0.15, -0.1) is 0 Å². The van der Waals surface area contributed by atoms with Crippen LogP contribution in [0.1, 0.15) is 31.0 Å². The molecule has 0 fully saturated rings. The summed E-state index contributed by atoms with van der Waals surface area (Å²) in [6.45, 7) is 3.58. The van der Waals surface area contributed by atoms with Crippen LogP contribution in [0.3, 0.4) is 0 Å². The minimum atomic E-state index is -0.983. The number of nitrogens with one attached hydrogen (secondary N) is 1. The Labute approximate surface area is 150 Å². The highest BCUT2D eigenvalue weighted by atomic mass is 19.2. The second-order valence-electron chi connectivity index (χ2n) is 6.02. The highest BCUT2D eigenvalue weighted by Gasteiger charge is 2.30. The fourth-order valence-corrected chi connectivity index (χ4v) is 2.82. The summed E-state index contributed by atoms with van der Waals surface area (Å²) in [6, 6.07) is 12.0.